The van der Waals surface area contributed by atoms with Crippen LogP contribution in [0.4, 0.5) is 24.5 Å². The van der Waals surface area contributed by atoms with E-state index in [9.17, 15) is 32.7 Å². The van der Waals surface area contributed by atoms with Gasteiger partial charge >= 0.3 is 6.18 Å². The van der Waals surface area contributed by atoms with Crippen LogP contribution in [0.2, 0.25) is 5.02 Å². The van der Waals surface area contributed by atoms with Crippen molar-refractivity contribution in [2.75, 3.05) is 36.5 Å². The first-order valence-corrected chi connectivity index (χ1v) is 17.9. The molecule has 2 N–H and O–H groups in total. The van der Waals surface area contributed by atoms with Crippen molar-refractivity contribution in [2.45, 2.75) is 59.0 Å². The maximum absolute atomic E-state index is 14.4. The molecule has 278 valence electrons. The predicted octanol–water partition coefficient (Wildman–Crippen LogP) is 4.72. The number of hydrogen-bond donors (Lipinski definition) is 2. The number of fused-ring (bicyclic) bond motifs is 2. The van der Waals surface area contributed by atoms with Gasteiger partial charge in [0.2, 0.25) is 11.7 Å². The minimum atomic E-state index is -4.62. The largest absolute Gasteiger partial charge is 0.504 e. The molecule has 14 nitrogen and oxygen atoms in total. The molecule has 7 rings (SSSR count). The Balaban J connectivity index is 1.27. The van der Waals surface area contributed by atoms with Gasteiger partial charge in [0.25, 0.3) is 11.5 Å². The first-order chi connectivity index (χ1) is 25.2. The Bertz CT molecular complexity index is 2300. The van der Waals surface area contributed by atoms with E-state index in [0.717, 1.165) is 44.5 Å². The van der Waals surface area contributed by atoms with Crippen LogP contribution in [0.5, 0.6) is 5.75 Å². The number of aryl methyl sites for hydroxylation is 1. The van der Waals surface area contributed by atoms with Crippen molar-refractivity contribution in [3.63, 3.8) is 0 Å². The van der Waals surface area contributed by atoms with Crippen molar-refractivity contribution in [1.29, 1.82) is 0 Å². The number of ether oxygens (including phenoxy) is 1. The summed E-state index contributed by atoms with van der Waals surface area (Å²) >= 11 is 7.61. The van der Waals surface area contributed by atoms with Gasteiger partial charge in [0.1, 0.15) is 18.6 Å². The summed E-state index contributed by atoms with van der Waals surface area (Å²) in [5, 5.41) is 17.4. The van der Waals surface area contributed by atoms with Crippen molar-refractivity contribution in [3.8, 4) is 16.5 Å². The molecule has 1 aromatic carbocycles. The molecule has 0 spiro atoms. The molecule has 1 atom stereocenters. The number of anilines is 2. The van der Waals surface area contributed by atoms with Gasteiger partial charge in [0.15, 0.2) is 17.3 Å². The van der Waals surface area contributed by atoms with E-state index in [2.05, 4.69) is 20.4 Å². The number of carbonyl (C=O) groups is 2. The van der Waals surface area contributed by atoms with Crippen molar-refractivity contribution in [1.82, 2.24) is 34.0 Å². The first-order valence-electron chi connectivity index (χ1n) is 16.7. The molecule has 1 saturated heterocycles. The number of halogens is 4. The average molecular weight is 772 g/mol. The quantitative estimate of drug-likeness (QED) is 0.237. The number of aromatic nitrogens is 6. The van der Waals surface area contributed by atoms with E-state index < -0.39 is 35.2 Å². The number of nitrogens with one attached hydrogen (secondary N) is 1. The third kappa shape index (κ3) is 6.81. The summed E-state index contributed by atoms with van der Waals surface area (Å²) in [5.41, 5.74) is 0.529. The van der Waals surface area contributed by atoms with Crippen molar-refractivity contribution < 1.29 is 32.6 Å². The second kappa shape index (κ2) is 14.1. The fraction of sp³-hybridized carbons (Fsp3) is 0.382. The Morgan fingerprint density at radius 1 is 1.19 bits per heavy atom. The fourth-order valence-electron chi connectivity index (χ4n) is 6.64. The second-order valence-corrected chi connectivity index (χ2v) is 14.3. The smallest absolute Gasteiger partial charge is 0.416 e. The molecule has 6 heterocycles. The van der Waals surface area contributed by atoms with E-state index in [1.165, 1.54) is 17.7 Å². The van der Waals surface area contributed by atoms with Gasteiger partial charge in [-0.3, -0.25) is 14.4 Å². The molecule has 1 fully saturated rings. The van der Waals surface area contributed by atoms with Gasteiger partial charge < -0.3 is 29.5 Å². The third-order valence-electron chi connectivity index (χ3n) is 9.31. The van der Waals surface area contributed by atoms with E-state index >= 15 is 0 Å². The van der Waals surface area contributed by atoms with E-state index in [-0.39, 0.29) is 77.7 Å². The standard InChI is InChI=1S/C34H33ClF3N9O5S/c1-4-23-28(44-8-9-45(17(2)13-44)31(50)27-29(49)18(3)39-16-40-27)32(51)47-33(42-30(43-47)24-11-19-7-10-52-15-25(19)53-24)46(23)14-26(48)41-22-6-5-20(12-21(22)35)34(36,37)38/h5-6,11-12,16-17,49H,4,7-10,13-15H2,1-3H3,(H,41,48)/t17-/m0/s1. The van der Waals surface area contributed by atoms with Crippen LogP contribution < -0.4 is 15.8 Å². The lowest BCUT2D eigenvalue weighted by Gasteiger charge is -2.41. The van der Waals surface area contributed by atoms with Gasteiger partial charge in [-0.15, -0.1) is 16.4 Å². The molecule has 4 aromatic heterocycles. The summed E-state index contributed by atoms with van der Waals surface area (Å²) in [6, 6.07) is 4.18. The number of hydrogen-bond acceptors (Lipinski definition) is 11. The molecule has 2 aliphatic rings. The number of thiophene rings is 1. The van der Waals surface area contributed by atoms with Gasteiger partial charge in [-0.05, 0) is 56.5 Å². The Kier molecular flexibility index (Phi) is 9.62. The Hall–Kier alpha value is -5.07. The lowest BCUT2D eigenvalue weighted by molar-refractivity contribution is -0.137. The van der Waals surface area contributed by atoms with Crippen LogP contribution in [0.1, 0.15) is 51.7 Å². The molecule has 5 aromatic rings. The van der Waals surface area contributed by atoms with Gasteiger partial charge in [-0.1, -0.05) is 18.5 Å². The van der Waals surface area contributed by atoms with Crippen molar-refractivity contribution in [3.05, 3.63) is 79.1 Å². The predicted molar refractivity (Wildman–Crippen MR) is 190 cm³/mol. The Morgan fingerprint density at radius 2 is 1.98 bits per heavy atom. The maximum atomic E-state index is 14.4. The van der Waals surface area contributed by atoms with Crippen LogP contribution >= 0.6 is 22.9 Å². The first kappa shape index (κ1) is 36.3. The molecular weight excluding hydrogens is 739 g/mol. The topological polar surface area (TPSA) is 160 Å². The van der Waals surface area contributed by atoms with Crippen LogP contribution in [0.3, 0.4) is 0 Å². The molecule has 0 aliphatic carbocycles. The zero-order chi connectivity index (χ0) is 37.8. The highest BCUT2D eigenvalue weighted by molar-refractivity contribution is 7.15. The van der Waals surface area contributed by atoms with Crippen LogP contribution in [0, 0.1) is 6.92 Å². The molecule has 0 radical (unpaired) electrons. The Labute approximate surface area is 308 Å². The van der Waals surface area contributed by atoms with Crippen LogP contribution in [-0.2, 0) is 41.7 Å². The number of aromatic hydroxyl groups is 1. The molecule has 19 heteroatoms. The summed E-state index contributed by atoms with van der Waals surface area (Å²) in [7, 11) is 0. The third-order valence-corrected chi connectivity index (χ3v) is 10.8. The second-order valence-electron chi connectivity index (χ2n) is 12.7. The SMILES string of the molecule is CCc1c(N2CCN(C(=O)c3ncnc(C)c3O)[C@@H](C)C2)c(=O)n2nc(-c3cc4c(s3)COCC4)nc2n1CC(=O)Nc1ccc(C(F)(F)F)cc1Cl. The van der Waals surface area contributed by atoms with Crippen molar-refractivity contribution >= 4 is 51.9 Å². The number of rotatable bonds is 7. The summed E-state index contributed by atoms with van der Waals surface area (Å²) in [5.74, 6) is -1.03. The normalized spacial score (nSPS) is 16.2. The zero-order valence-corrected chi connectivity index (χ0v) is 30.3. The molecule has 2 amide bonds. The highest BCUT2D eigenvalue weighted by Gasteiger charge is 2.35. The summed E-state index contributed by atoms with van der Waals surface area (Å²) in [4.78, 5) is 59.3. The van der Waals surface area contributed by atoms with E-state index in [0.29, 0.717) is 18.9 Å². The van der Waals surface area contributed by atoms with Crippen molar-refractivity contribution in [2.24, 2.45) is 0 Å². The minimum absolute atomic E-state index is 0.0203. The van der Waals surface area contributed by atoms with Gasteiger partial charge in [0.05, 0.1) is 45.8 Å². The van der Waals surface area contributed by atoms with E-state index in [4.69, 9.17) is 21.3 Å². The molecule has 2 aliphatic heterocycles. The summed E-state index contributed by atoms with van der Waals surface area (Å²) in [6.07, 6.45) is -2.40. The monoisotopic (exact) mass is 771 g/mol. The number of carbonyl (C=O) groups excluding carboxylic acids is 2. The van der Waals surface area contributed by atoms with Crippen LogP contribution in [-0.4, -0.2) is 83.2 Å². The lowest BCUT2D eigenvalue weighted by Crippen LogP contribution is -2.55. The van der Waals surface area contributed by atoms with E-state index in [1.54, 1.807) is 16.4 Å². The highest BCUT2D eigenvalue weighted by Crippen LogP contribution is 2.35. The molecule has 0 bridgehead atoms. The van der Waals surface area contributed by atoms with Crippen LogP contribution in [0.25, 0.3) is 16.5 Å². The number of nitrogens with zero attached hydrogens (tertiary/aromatic N) is 8. The number of piperazine rings is 1. The minimum Gasteiger partial charge on any atom is -0.504 e. The van der Waals surface area contributed by atoms with Crippen LogP contribution in [0.15, 0.2) is 35.4 Å². The molecular formula is C34H33ClF3N9O5S. The highest BCUT2D eigenvalue weighted by atomic mass is 35.5. The van der Waals surface area contributed by atoms with Gasteiger partial charge in [-0.2, -0.15) is 22.7 Å². The van der Waals surface area contributed by atoms with Gasteiger partial charge in [0, 0.05) is 30.6 Å². The number of amides is 2. The summed E-state index contributed by atoms with van der Waals surface area (Å²) in [6.45, 7) is 6.49. The maximum Gasteiger partial charge on any atom is 0.416 e. The lowest BCUT2D eigenvalue weighted by atomic mass is 10.1. The average Bonchev–Trinajstić information content (AvgIpc) is 3.76. The van der Waals surface area contributed by atoms with E-state index in [1.807, 2.05) is 24.8 Å². The molecule has 53 heavy (non-hydrogen) atoms. The molecule has 0 saturated carbocycles. The number of benzene rings is 1. The molecule has 0 unspecified atom stereocenters. The summed E-state index contributed by atoms with van der Waals surface area (Å²) < 4.78 is 48.1. The van der Waals surface area contributed by atoms with Gasteiger partial charge in [-0.25, -0.2) is 9.97 Å². The fourth-order valence-corrected chi connectivity index (χ4v) is 7.95. The Morgan fingerprint density at radius 3 is 2.68 bits per heavy atom. The number of alkyl halides is 3. The zero-order valence-electron chi connectivity index (χ0n) is 28.7.